The number of halogens is 1. The summed E-state index contributed by atoms with van der Waals surface area (Å²) in [6.45, 7) is 1.79. The first kappa shape index (κ1) is 17.1. The molecule has 0 radical (unpaired) electrons. The van der Waals surface area contributed by atoms with E-state index in [0.717, 1.165) is 0 Å². The van der Waals surface area contributed by atoms with Crippen LogP contribution < -0.4 is 5.32 Å². The van der Waals surface area contributed by atoms with Crippen LogP contribution in [0.3, 0.4) is 0 Å². The van der Waals surface area contributed by atoms with Crippen LogP contribution in [0.2, 0.25) is 5.02 Å². The van der Waals surface area contributed by atoms with Gasteiger partial charge in [-0.05, 0) is 42.5 Å². The van der Waals surface area contributed by atoms with E-state index in [1.807, 2.05) is 0 Å². The van der Waals surface area contributed by atoms with Gasteiger partial charge in [-0.2, -0.15) is 0 Å². The average molecular weight is 360 g/mol. The van der Waals surface area contributed by atoms with Gasteiger partial charge in [0.25, 0.3) is 5.91 Å². The molecular formula is C18H18ClN3O3. The van der Waals surface area contributed by atoms with Gasteiger partial charge in [-0.25, -0.2) is 4.79 Å². The van der Waals surface area contributed by atoms with Crippen LogP contribution in [0.5, 0.6) is 5.75 Å². The molecule has 1 aliphatic rings. The number of anilines is 1. The Hall–Kier alpha value is -2.73. The molecule has 0 atom stereocenters. The van der Waals surface area contributed by atoms with E-state index >= 15 is 0 Å². The molecule has 0 aliphatic carbocycles. The van der Waals surface area contributed by atoms with Gasteiger partial charge in [0.2, 0.25) is 0 Å². The standard InChI is InChI=1S/C18H18ClN3O3/c19-14-4-6-15(7-5-14)20-18(25)22-10-8-21(9-11-22)17(24)13-2-1-3-16(23)12-13/h1-7,12,23H,8-11H2,(H,20,25). The van der Waals surface area contributed by atoms with E-state index in [1.54, 1.807) is 46.2 Å². The van der Waals surface area contributed by atoms with E-state index in [2.05, 4.69) is 5.32 Å². The Morgan fingerprint density at radius 2 is 1.60 bits per heavy atom. The van der Waals surface area contributed by atoms with Crippen molar-refractivity contribution in [2.75, 3.05) is 31.5 Å². The summed E-state index contributed by atoms with van der Waals surface area (Å²) >= 11 is 5.83. The summed E-state index contributed by atoms with van der Waals surface area (Å²) in [4.78, 5) is 28.1. The highest BCUT2D eigenvalue weighted by Crippen LogP contribution is 2.16. The number of hydrogen-bond donors (Lipinski definition) is 2. The number of carbonyl (C=O) groups is 2. The number of aromatic hydroxyl groups is 1. The van der Waals surface area contributed by atoms with E-state index < -0.39 is 0 Å². The fourth-order valence-corrected chi connectivity index (χ4v) is 2.80. The summed E-state index contributed by atoms with van der Waals surface area (Å²) in [6, 6.07) is 13.0. The van der Waals surface area contributed by atoms with Gasteiger partial charge < -0.3 is 20.2 Å². The smallest absolute Gasteiger partial charge is 0.321 e. The van der Waals surface area contributed by atoms with E-state index in [4.69, 9.17) is 11.6 Å². The lowest BCUT2D eigenvalue weighted by atomic mass is 10.1. The second-order valence-electron chi connectivity index (χ2n) is 5.77. The Labute approximate surface area is 150 Å². The SMILES string of the molecule is O=C(Nc1ccc(Cl)cc1)N1CCN(C(=O)c2cccc(O)c2)CC1. The maximum Gasteiger partial charge on any atom is 0.321 e. The van der Waals surface area contributed by atoms with Crippen molar-refractivity contribution in [3.63, 3.8) is 0 Å². The van der Waals surface area contributed by atoms with Crippen molar-refractivity contribution in [1.82, 2.24) is 9.80 Å². The van der Waals surface area contributed by atoms with Crippen molar-refractivity contribution in [3.05, 3.63) is 59.1 Å². The molecule has 2 aromatic carbocycles. The predicted octanol–water partition coefficient (Wildman–Crippen LogP) is 3.04. The van der Waals surface area contributed by atoms with Gasteiger partial charge in [-0.1, -0.05) is 17.7 Å². The first-order chi connectivity index (χ1) is 12.0. The Kier molecular flexibility index (Phi) is 5.09. The topological polar surface area (TPSA) is 72.9 Å². The number of amides is 3. The minimum Gasteiger partial charge on any atom is -0.508 e. The normalized spacial score (nSPS) is 14.3. The van der Waals surface area contributed by atoms with Crippen LogP contribution in [0.1, 0.15) is 10.4 Å². The van der Waals surface area contributed by atoms with Gasteiger partial charge in [-0.3, -0.25) is 4.79 Å². The Morgan fingerprint density at radius 1 is 0.960 bits per heavy atom. The number of urea groups is 1. The number of carbonyl (C=O) groups excluding carboxylic acids is 2. The molecule has 7 heteroatoms. The molecule has 1 fully saturated rings. The van der Waals surface area contributed by atoms with E-state index in [0.29, 0.717) is 42.5 Å². The molecule has 3 rings (SSSR count). The lowest BCUT2D eigenvalue weighted by molar-refractivity contribution is 0.0671. The van der Waals surface area contributed by atoms with Crippen LogP contribution >= 0.6 is 11.6 Å². The lowest BCUT2D eigenvalue weighted by Crippen LogP contribution is -2.51. The molecule has 130 valence electrons. The fraction of sp³-hybridized carbons (Fsp3) is 0.222. The molecule has 0 spiro atoms. The highest BCUT2D eigenvalue weighted by atomic mass is 35.5. The highest BCUT2D eigenvalue weighted by Gasteiger charge is 2.25. The zero-order valence-electron chi connectivity index (χ0n) is 13.5. The number of benzene rings is 2. The molecule has 0 unspecified atom stereocenters. The van der Waals surface area contributed by atoms with Crippen molar-refractivity contribution >= 4 is 29.2 Å². The van der Waals surface area contributed by atoms with E-state index in [9.17, 15) is 14.7 Å². The zero-order chi connectivity index (χ0) is 17.8. The quantitative estimate of drug-likeness (QED) is 0.865. The number of nitrogens with zero attached hydrogens (tertiary/aromatic N) is 2. The third kappa shape index (κ3) is 4.22. The van der Waals surface area contributed by atoms with Crippen LogP contribution in [0.25, 0.3) is 0 Å². The second-order valence-corrected chi connectivity index (χ2v) is 6.20. The zero-order valence-corrected chi connectivity index (χ0v) is 14.2. The summed E-state index contributed by atoms with van der Waals surface area (Å²) in [5, 5.41) is 12.9. The second kappa shape index (κ2) is 7.44. The van der Waals surface area contributed by atoms with Crippen LogP contribution in [0.15, 0.2) is 48.5 Å². The first-order valence-corrected chi connectivity index (χ1v) is 8.30. The van der Waals surface area contributed by atoms with E-state index in [-0.39, 0.29) is 17.7 Å². The van der Waals surface area contributed by atoms with Crippen molar-refractivity contribution in [2.45, 2.75) is 0 Å². The molecule has 1 aliphatic heterocycles. The Balaban J connectivity index is 1.55. The summed E-state index contributed by atoms with van der Waals surface area (Å²) in [5.74, 6) is -0.0829. The summed E-state index contributed by atoms with van der Waals surface area (Å²) < 4.78 is 0. The van der Waals surface area contributed by atoms with Crippen molar-refractivity contribution in [3.8, 4) is 5.75 Å². The van der Waals surface area contributed by atoms with Gasteiger partial charge in [0.15, 0.2) is 0 Å². The molecule has 2 aromatic rings. The minimum atomic E-state index is -0.202. The molecule has 6 nitrogen and oxygen atoms in total. The number of piperazine rings is 1. The Morgan fingerprint density at radius 3 is 2.24 bits per heavy atom. The molecule has 3 amide bonds. The number of phenolic OH excluding ortho intramolecular Hbond substituents is 1. The van der Waals surface area contributed by atoms with Gasteiger partial charge in [-0.15, -0.1) is 0 Å². The van der Waals surface area contributed by atoms with E-state index in [1.165, 1.54) is 12.1 Å². The fourth-order valence-electron chi connectivity index (χ4n) is 2.67. The summed E-state index contributed by atoms with van der Waals surface area (Å²) in [7, 11) is 0. The van der Waals surface area contributed by atoms with Crippen LogP contribution in [0.4, 0.5) is 10.5 Å². The van der Waals surface area contributed by atoms with Crippen molar-refractivity contribution in [1.29, 1.82) is 0 Å². The van der Waals surface area contributed by atoms with Gasteiger partial charge in [0.05, 0.1) is 0 Å². The molecular weight excluding hydrogens is 342 g/mol. The third-order valence-electron chi connectivity index (χ3n) is 4.04. The minimum absolute atomic E-state index is 0.0619. The highest BCUT2D eigenvalue weighted by molar-refractivity contribution is 6.30. The molecule has 1 saturated heterocycles. The molecule has 2 N–H and O–H groups in total. The molecule has 0 saturated carbocycles. The predicted molar refractivity (Wildman–Crippen MR) is 96.1 cm³/mol. The van der Waals surface area contributed by atoms with Crippen LogP contribution in [0, 0.1) is 0 Å². The molecule has 25 heavy (non-hydrogen) atoms. The maximum absolute atomic E-state index is 12.4. The molecule has 1 heterocycles. The number of phenols is 1. The van der Waals surface area contributed by atoms with Gasteiger partial charge in [0.1, 0.15) is 5.75 Å². The summed E-state index contributed by atoms with van der Waals surface area (Å²) in [5.41, 5.74) is 1.12. The monoisotopic (exact) mass is 359 g/mol. The lowest BCUT2D eigenvalue weighted by Gasteiger charge is -2.34. The van der Waals surface area contributed by atoms with Crippen LogP contribution in [-0.4, -0.2) is 53.0 Å². The number of nitrogens with one attached hydrogen (secondary N) is 1. The number of rotatable bonds is 2. The Bertz CT molecular complexity index is 771. The maximum atomic E-state index is 12.4. The van der Waals surface area contributed by atoms with Crippen molar-refractivity contribution in [2.24, 2.45) is 0 Å². The number of hydrogen-bond acceptors (Lipinski definition) is 3. The summed E-state index contributed by atoms with van der Waals surface area (Å²) in [6.07, 6.45) is 0. The largest absolute Gasteiger partial charge is 0.508 e. The van der Waals surface area contributed by atoms with Gasteiger partial charge >= 0.3 is 6.03 Å². The molecule has 0 aromatic heterocycles. The average Bonchev–Trinajstić information content (AvgIpc) is 2.63. The molecule has 0 bridgehead atoms. The van der Waals surface area contributed by atoms with Gasteiger partial charge in [0, 0.05) is 42.5 Å². The van der Waals surface area contributed by atoms with Crippen molar-refractivity contribution < 1.29 is 14.7 Å². The van der Waals surface area contributed by atoms with Crippen LogP contribution in [-0.2, 0) is 0 Å². The first-order valence-electron chi connectivity index (χ1n) is 7.93. The third-order valence-corrected chi connectivity index (χ3v) is 4.29.